The molecule has 3 rings (SSSR count). The first kappa shape index (κ1) is 21.8. The molecule has 0 aliphatic heterocycles. The SMILES string of the molecule is CC1=Cc2ccccc2[CH]1[Zr+2][C]1=C(C)C(C)=C(C)C1(C)C.[I-].[I-]. The molecule has 3 heteroatoms. The van der Waals surface area contributed by atoms with Crippen LogP contribution in [0.1, 0.15) is 56.3 Å². The van der Waals surface area contributed by atoms with E-state index in [9.17, 15) is 0 Å². The van der Waals surface area contributed by atoms with Crippen molar-refractivity contribution >= 4 is 6.08 Å². The standard InChI is InChI=1S/C10H9.C10H15.2HI.Zr/c1-8-6-9-4-2-3-5-10(9)7-8;1-7-6-10(4,5)9(3)8(7)2;;;/h2-7H,1H3;1-5H3;2*1H;/q;;;;+2/p-2. The summed E-state index contributed by atoms with van der Waals surface area (Å²) in [4.78, 5) is 0. The maximum Gasteiger partial charge on any atom is -1.00 e. The van der Waals surface area contributed by atoms with Crippen LogP contribution in [0.3, 0.4) is 0 Å². The van der Waals surface area contributed by atoms with E-state index < -0.39 is 23.2 Å². The first-order valence-corrected chi connectivity index (χ1v) is 10.4. The summed E-state index contributed by atoms with van der Waals surface area (Å²) >= 11 is -0.673. The molecule has 1 atom stereocenters. The van der Waals surface area contributed by atoms with Crippen LogP contribution in [0.25, 0.3) is 6.08 Å². The Morgan fingerprint density at radius 3 is 2.09 bits per heavy atom. The molecule has 0 heterocycles. The van der Waals surface area contributed by atoms with E-state index in [0.29, 0.717) is 0 Å². The van der Waals surface area contributed by atoms with Gasteiger partial charge in [-0.3, -0.25) is 0 Å². The van der Waals surface area contributed by atoms with E-state index >= 15 is 0 Å². The Hall–Kier alpha value is 0.783. The van der Waals surface area contributed by atoms with Crippen molar-refractivity contribution in [1.82, 2.24) is 0 Å². The number of fused-ring (bicyclic) bond motifs is 1. The molecule has 23 heavy (non-hydrogen) atoms. The zero-order chi connectivity index (χ0) is 15.4. The first-order chi connectivity index (χ1) is 9.84. The summed E-state index contributed by atoms with van der Waals surface area (Å²) in [5, 5.41) is 0. The molecule has 1 aromatic rings. The monoisotopic (exact) mass is 608 g/mol. The molecule has 0 saturated carbocycles. The normalized spacial score (nSPS) is 21.3. The molecule has 2 aliphatic carbocycles. The van der Waals surface area contributed by atoms with Crippen molar-refractivity contribution < 1.29 is 71.2 Å². The van der Waals surface area contributed by atoms with E-state index in [4.69, 9.17) is 0 Å². The van der Waals surface area contributed by atoms with Crippen LogP contribution in [0.4, 0.5) is 0 Å². The van der Waals surface area contributed by atoms with Crippen molar-refractivity contribution in [3.63, 3.8) is 0 Å². The molecule has 122 valence electrons. The molecule has 0 amide bonds. The molecule has 0 radical (unpaired) electrons. The van der Waals surface area contributed by atoms with Crippen LogP contribution in [0, 0.1) is 5.41 Å². The van der Waals surface area contributed by atoms with Crippen LogP contribution in [-0.2, 0) is 23.2 Å². The summed E-state index contributed by atoms with van der Waals surface area (Å²) in [6, 6.07) is 8.98. The van der Waals surface area contributed by atoms with E-state index in [0.717, 1.165) is 3.63 Å². The minimum atomic E-state index is -0.673. The molecule has 0 aromatic heterocycles. The fourth-order valence-corrected chi connectivity index (χ4v) is 8.54. The Morgan fingerprint density at radius 2 is 1.52 bits per heavy atom. The predicted molar refractivity (Wildman–Crippen MR) is 87.7 cm³/mol. The smallest absolute Gasteiger partial charge is 1.00 e. The number of allylic oxidation sites excluding steroid dienone is 5. The molecule has 0 fully saturated rings. The van der Waals surface area contributed by atoms with Gasteiger partial charge < -0.3 is 48.0 Å². The Bertz CT molecular complexity index is 708. The Kier molecular flexibility index (Phi) is 7.58. The van der Waals surface area contributed by atoms with Gasteiger partial charge in [0.1, 0.15) is 0 Å². The van der Waals surface area contributed by atoms with E-state index in [2.05, 4.69) is 71.9 Å². The largest absolute Gasteiger partial charge is 1.00 e. The van der Waals surface area contributed by atoms with Crippen molar-refractivity contribution in [2.75, 3.05) is 0 Å². The van der Waals surface area contributed by atoms with Gasteiger partial charge in [-0.15, -0.1) is 0 Å². The molecule has 1 unspecified atom stereocenters. The van der Waals surface area contributed by atoms with Crippen LogP contribution in [0.5, 0.6) is 0 Å². The van der Waals surface area contributed by atoms with Gasteiger partial charge in [0.2, 0.25) is 0 Å². The van der Waals surface area contributed by atoms with Crippen molar-refractivity contribution in [3.05, 3.63) is 61.0 Å². The summed E-state index contributed by atoms with van der Waals surface area (Å²) in [7, 11) is 0. The summed E-state index contributed by atoms with van der Waals surface area (Å²) in [6.07, 6.45) is 2.41. The van der Waals surface area contributed by atoms with Crippen molar-refractivity contribution in [3.8, 4) is 0 Å². The Labute approximate surface area is 186 Å². The molecule has 0 N–H and O–H groups in total. The maximum atomic E-state index is 2.43. The van der Waals surface area contributed by atoms with Crippen molar-refractivity contribution in [2.24, 2.45) is 5.41 Å². The van der Waals surface area contributed by atoms with Gasteiger partial charge in [0.15, 0.2) is 0 Å². The van der Waals surface area contributed by atoms with Crippen molar-refractivity contribution in [2.45, 2.75) is 45.2 Å². The average molecular weight is 609 g/mol. The molecule has 0 spiro atoms. The fourth-order valence-electron chi connectivity index (χ4n) is 3.70. The van der Waals surface area contributed by atoms with E-state index in [1.807, 2.05) is 0 Å². The molecular weight excluding hydrogens is 585 g/mol. The van der Waals surface area contributed by atoms with E-state index in [1.54, 1.807) is 31.1 Å². The van der Waals surface area contributed by atoms with Gasteiger partial charge in [-0.05, 0) is 0 Å². The van der Waals surface area contributed by atoms with Crippen LogP contribution < -0.4 is 48.0 Å². The zero-order valence-corrected chi connectivity index (χ0v) is 21.5. The van der Waals surface area contributed by atoms with Gasteiger partial charge in [-0.25, -0.2) is 0 Å². The fraction of sp³-hybridized carbons (Fsp3) is 0.400. The molecule has 2 aliphatic rings. The summed E-state index contributed by atoms with van der Waals surface area (Å²) in [6.45, 7) is 14.2. The number of hydrogen-bond donors (Lipinski definition) is 0. The summed E-state index contributed by atoms with van der Waals surface area (Å²) in [5.41, 5.74) is 9.64. The van der Waals surface area contributed by atoms with Gasteiger partial charge in [0.05, 0.1) is 0 Å². The molecule has 1 aromatic carbocycles. The minimum Gasteiger partial charge on any atom is -1.00 e. The third kappa shape index (κ3) is 3.67. The Balaban J connectivity index is 0.00000132. The summed E-state index contributed by atoms with van der Waals surface area (Å²) in [5.74, 6) is 0. The average Bonchev–Trinajstić information content (AvgIpc) is 2.83. The topological polar surface area (TPSA) is 0 Å². The van der Waals surface area contributed by atoms with Crippen LogP contribution in [0.2, 0.25) is 0 Å². The molecule has 0 saturated heterocycles. The first-order valence-electron chi connectivity index (χ1n) is 7.77. The van der Waals surface area contributed by atoms with Crippen LogP contribution >= 0.6 is 0 Å². The third-order valence-electron chi connectivity index (χ3n) is 5.50. The predicted octanol–water partition coefficient (Wildman–Crippen LogP) is -0.115. The molecule has 0 nitrogen and oxygen atoms in total. The van der Waals surface area contributed by atoms with Crippen molar-refractivity contribution in [1.29, 1.82) is 0 Å². The summed E-state index contributed by atoms with van der Waals surface area (Å²) < 4.78 is 2.53. The second kappa shape index (κ2) is 7.99. The zero-order valence-electron chi connectivity index (χ0n) is 14.7. The maximum absolute atomic E-state index is 2.43. The van der Waals surface area contributed by atoms with E-state index in [1.165, 1.54) is 5.56 Å². The number of benzene rings is 1. The second-order valence-corrected chi connectivity index (χ2v) is 10.3. The van der Waals surface area contributed by atoms with Crippen LogP contribution in [0.15, 0.2) is 49.8 Å². The van der Waals surface area contributed by atoms with Gasteiger partial charge in [-0.2, -0.15) is 0 Å². The number of rotatable bonds is 2. The van der Waals surface area contributed by atoms with Gasteiger partial charge in [0, 0.05) is 0 Å². The third-order valence-corrected chi connectivity index (χ3v) is 11.3. The molecule has 0 bridgehead atoms. The number of hydrogen-bond acceptors (Lipinski definition) is 0. The Morgan fingerprint density at radius 1 is 0.913 bits per heavy atom. The minimum absolute atomic E-state index is 0. The number of halogens is 2. The van der Waals surface area contributed by atoms with Gasteiger partial charge in [-0.1, -0.05) is 0 Å². The van der Waals surface area contributed by atoms with Gasteiger partial charge in [0.25, 0.3) is 0 Å². The van der Waals surface area contributed by atoms with Crippen LogP contribution in [-0.4, -0.2) is 0 Å². The van der Waals surface area contributed by atoms with E-state index in [-0.39, 0.29) is 53.4 Å². The second-order valence-electron chi connectivity index (χ2n) is 6.97. The molecular formula is C20H24I2Zr. The van der Waals surface area contributed by atoms with Gasteiger partial charge >= 0.3 is 141 Å². The quantitative estimate of drug-likeness (QED) is 0.411.